The second kappa shape index (κ2) is 7.88. The van der Waals surface area contributed by atoms with Crippen LogP contribution in [-0.2, 0) is 0 Å². The van der Waals surface area contributed by atoms with Crippen LogP contribution < -0.4 is 10.1 Å². The molecular weight excluding hydrogens is 405 g/mol. The Balaban J connectivity index is 1.31. The summed E-state index contributed by atoms with van der Waals surface area (Å²) in [7, 11) is 0. The number of piperidine rings is 2. The van der Waals surface area contributed by atoms with Crippen molar-refractivity contribution in [1.82, 2.24) is 25.7 Å². The fourth-order valence-corrected chi connectivity index (χ4v) is 4.94. The first-order valence-electron chi connectivity index (χ1n) is 10.1. The van der Waals surface area contributed by atoms with Crippen LogP contribution in [0.15, 0.2) is 30.3 Å². The average Bonchev–Trinajstić information content (AvgIpc) is 3.19. The van der Waals surface area contributed by atoms with Crippen LogP contribution in [-0.4, -0.2) is 49.9 Å². The first-order valence-corrected chi connectivity index (χ1v) is 10.9. The lowest BCUT2D eigenvalue weighted by Crippen LogP contribution is -2.59. The minimum atomic E-state index is -1.05. The SMILES string of the molecule is Cc1nnc(-c2ccc(-c3ccc(O[C@@H]4CC5CCCC(N5)[C@@H]4F)nn3)c(O)c2)s1. The predicted molar refractivity (Wildman–Crippen MR) is 111 cm³/mol. The van der Waals surface area contributed by atoms with Gasteiger partial charge in [0.25, 0.3) is 0 Å². The van der Waals surface area contributed by atoms with Gasteiger partial charge in [0.05, 0.1) is 5.69 Å². The van der Waals surface area contributed by atoms with Crippen molar-refractivity contribution in [2.24, 2.45) is 0 Å². The molecule has 0 saturated carbocycles. The van der Waals surface area contributed by atoms with Crippen molar-refractivity contribution in [2.45, 2.75) is 57.0 Å². The Bertz CT molecular complexity index is 1040. The maximum Gasteiger partial charge on any atom is 0.233 e. The Hall–Kier alpha value is -2.65. The predicted octanol–water partition coefficient (Wildman–Crippen LogP) is 3.68. The highest BCUT2D eigenvalue weighted by molar-refractivity contribution is 7.14. The van der Waals surface area contributed by atoms with E-state index >= 15 is 0 Å². The average molecular weight is 428 g/mol. The second-order valence-corrected chi connectivity index (χ2v) is 9.03. The van der Waals surface area contributed by atoms with Crippen LogP contribution in [0.2, 0.25) is 0 Å². The Morgan fingerprint density at radius 2 is 2.03 bits per heavy atom. The molecule has 2 bridgehead atoms. The number of benzene rings is 1. The molecule has 3 aromatic rings. The molecule has 4 atom stereocenters. The molecule has 2 aromatic heterocycles. The molecule has 2 N–H and O–H groups in total. The third kappa shape index (κ3) is 3.75. The molecule has 0 amide bonds. The van der Waals surface area contributed by atoms with Gasteiger partial charge < -0.3 is 15.2 Å². The molecule has 156 valence electrons. The number of fused-ring (bicyclic) bond motifs is 2. The smallest absolute Gasteiger partial charge is 0.233 e. The van der Waals surface area contributed by atoms with Crippen molar-refractivity contribution in [3.63, 3.8) is 0 Å². The van der Waals surface area contributed by atoms with Gasteiger partial charge in [-0.2, -0.15) is 0 Å². The monoisotopic (exact) mass is 427 g/mol. The van der Waals surface area contributed by atoms with E-state index in [-0.39, 0.29) is 11.8 Å². The largest absolute Gasteiger partial charge is 0.507 e. The van der Waals surface area contributed by atoms with E-state index in [2.05, 4.69) is 25.7 Å². The number of nitrogens with zero attached hydrogens (tertiary/aromatic N) is 4. The highest BCUT2D eigenvalue weighted by atomic mass is 32.1. The van der Waals surface area contributed by atoms with Gasteiger partial charge >= 0.3 is 0 Å². The standard InChI is InChI=1S/C21H22FN5O2S/c1-11-24-27-21(30-11)12-5-6-14(17(28)9-12)15-7-8-19(26-25-15)29-18-10-13-3-2-4-16(23-13)20(18)22/h5-9,13,16,18,20,23,28H,2-4,10H2,1H3/t13?,16?,18-,20+/m1/s1. The molecule has 0 radical (unpaired) electrons. The summed E-state index contributed by atoms with van der Waals surface area (Å²) in [6.45, 7) is 1.88. The van der Waals surface area contributed by atoms with E-state index in [0.29, 0.717) is 29.6 Å². The fourth-order valence-electron chi connectivity index (χ4n) is 4.25. The van der Waals surface area contributed by atoms with Gasteiger partial charge in [-0.3, -0.25) is 0 Å². The molecule has 2 fully saturated rings. The molecular formula is C21H22FN5O2S. The number of halogens is 1. The quantitative estimate of drug-likeness (QED) is 0.656. The zero-order valence-corrected chi connectivity index (χ0v) is 17.3. The highest BCUT2D eigenvalue weighted by Crippen LogP contribution is 2.34. The zero-order chi connectivity index (χ0) is 20.7. The molecule has 5 rings (SSSR count). The van der Waals surface area contributed by atoms with Crippen LogP contribution in [0, 0.1) is 6.92 Å². The first kappa shape index (κ1) is 19.3. The van der Waals surface area contributed by atoms with Gasteiger partial charge in [-0.05, 0) is 38.0 Å². The number of rotatable bonds is 4. The van der Waals surface area contributed by atoms with Gasteiger partial charge in [-0.1, -0.05) is 23.8 Å². The highest BCUT2D eigenvalue weighted by Gasteiger charge is 2.41. The molecule has 9 heteroatoms. The van der Waals surface area contributed by atoms with Gasteiger partial charge in [0.1, 0.15) is 21.9 Å². The minimum Gasteiger partial charge on any atom is -0.507 e. The van der Waals surface area contributed by atoms with Gasteiger partial charge in [-0.15, -0.1) is 20.4 Å². The summed E-state index contributed by atoms with van der Waals surface area (Å²) in [5.41, 5.74) is 1.86. The summed E-state index contributed by atoms with van der Waals surface area (Å²) in [5.74, 6) is 0.380. The van der Waals surface area contributed by atoms with E-state index in [4.69, 9.17) is 4.74 Å². The molecule has 2 aliphatic heterocycles. The number of hydrogen-bond acceptors (Lipinski definition) is 8. The third-order valence-electron chi connectivity index (χ3n) is 5.73. The maximum atomic E-state index is 14.7. The van der Waals surface area contributed by atoms with Crippen molar-refractivity contribution in [3.05, 3.63) is 35.3 Å². The number of nitrogens with one attached hydrogen (secondary N) is 1. The molecule has 1 aromatic carbocycles. The molecule has 2 saturated heterocycles. The van der Waals surface area contributed by atoms with Crippen LogP contribution in [0.1, 0.15) is 30.7 Å². The van der Waals surface area contributed by atoms with Crippen molar-refractivity contribution < 1.29 is 14.2 Å². The van der Waals surface area contributed by atoms with Crippen LogP contribution in [0.4, 0.5) is 4.39 Å². The lowest BCUT2D eigenvalue weighted by atomic mass is 9.84. The number of aromatic nitrogens is 4. The molecule has 2 aliphatic rings. The van der Waals surface area contributed by atoms with E-state index in [0.717, 1.165) is 34.8 Å². The van der Waals surface area contributed by atoms with Crippen molar-refractivity contribution in [1.29, 1.82) is 0 Å². The second-order valence-electron chi connectivity index (χ2n) is 7.85. The number of phenolic OH excluding ortho intramolecular Hbond substituents is 1. The minimum absolute atomic E-state index is 0.0818. The van der Waals surface area contributed by atoms with Gasteiger partial charge in [-0.25, -0.2) is 4.39 Å². The van der Waals surface area contributed by atoms with E-state index in [1.54, 1.807) is 24.3 Å². The summed E-state index contributed by atoms with van der Waals surface area (Å²) in [5, 5.41) is 31.8. The van der Waals surface area contributed by atoms with Crippen LogP contribution in [0.5, 0.6) is 11.6 Å². The molecule has 0 spiro atoms. The Kier molecular flexibility index (Phi) is 5.08. The molecule has 30 heavy (non-hydrogen) atoms. The summed E-state index contributed by atoms with van der Waals surface area (Å²) in [6.07, 6.45) is 2.03. The van der Waals surface area contributed by atoms with Gasteiger partial charge in [0, 0.05) is 35.7 Å². The fraction of sp³-hybridized carbons (Fsp3) is 0.429. The molecule has 4 heterocycles. The van der Waals surface area contributed by atoms with Crippen molar-refractivity contribution >= 4 is 11.3 Å². The number of aryl methyl sites for hydroxylation is 1. The van der Waals surface area contributed by atoms with E-state index in [1.165, 1.54) is 11.3 Å². The summed E-state index contributed by atoms with van der Waals surface area (Å²) in [4.78, 5) is 0. The molecule has 7 nitrogen and oxygen atoms in total. The van der Waals surface area contributed by atoms with Crippen molar-refractivity contribution in [2.75, 3.05) is 0 Å². The summed E-state index contributed by atoms with van der Waals surface area (Å²) in [6, 6.07) is 8.85. The Morgan fingerprint density at radius 1 is 1.13 bits per heavy atom. The van der Waals surface area contributed by atoms with E-state index in [1.807, 2.05) is 13.0 Å². The number of alkyl halides is 1. The van der Waals surface area contributed by atoms with E-state index < -0.39 is 12.3 Å². The van der Waals surface area contributed by atoms with E-state index in [9.17, 15) is 9.50 Å². The van der Waals surface area contributed by atoms with Gasteiger partial charge in [0.15, 0.2) is 6.17 Å². The van der Waals surface area contributed by atoms with Crippen molar-refractivity contribution in [3.8, 4) is 33.5 Å². The summed E-state index contributed by atoms with van der Waals surface area (Å²) < 4.78 is 20.5. The lowest BCUT2D eigenvalue weighted by Gasteiger charge is -2.42. The van der Waals surface area contributed by atoms with Crippen LogP contribution >= 0.6 is 11.3 Å². The van der Waals surface area contributed by atoms with Gasteiger partial charge in [0.2, 0.25) is 5.88 Å². The van der Waals surface area contributed by atoms with Crippen LogP contribution in [0.3, 0.4) is 0 Å². The zero-order valence-electron chi connectivity index (χ0n) is 16.5. The first-order chi connectivity index (χ1) is 14.6. The normalized spacial score (nSPS) is 25.8. The molecule has 2 unspecified atom stereocenters. The number of ether oxygens (including phenoxy) is 1. The molecule has 0 aliphatic carbocycles. The summed E-state index contributed by atoms with van der Waals surface area (Å²) >= 11 is 1.46. The van der Waals surface area contributed by atoms with Crippen LogP contribution in [0.25, 0.3) is 21.8 Å². The number of phenols is 1. The number of hydrogen-bond donors (Lipinski definition) is 2. The Labute approximate surface area is 177 Å². The maximum absolute atomic E-state index is 14.7. The third-order valence-corrected chi connectivity index (χ3v) is 6.62. The number of aromatic hydroxyl groups is 1. The lowest BCUT2D eigenvalue weighted by molar-refractivity contribution is 0.00652. The topological polar surface area (TPSA) is 93.1 Å². The Morgan fingerprint density at radius 3 is 2.77 bits per heavy atom.